The van der Waals surface area contributed by atoms with Crippen LogP contribution in [0.4, 0.5) is 5.69 Å². The van der Waals surface area contributed by atoms with Gasteiger partial charge in [0.15, 0.2) is 0 Å². The molecule has 19 heavy (non-hydrogen) atoms. The molecule has 0 aromatic heterocycles. The SMILES string of the molecule is O=C(CCN1CCCCC1)N=Nc1ccc(Cl)cc1. The van der Waals surface area contributed by atoms with Gasteiger partial charge in [-0.25, -0.2) is 0 Å². The van der Waals surface area contributed by atoms with Crippen LogP contribution in [0.25, 0.3) is 0 Å². The van der Waals surface area contributed by atoms with Crippen molar-refractivity contribution in [2.24, 2.45) is 10.2 Å². The molecule has 5 heteroatoms. The van der Waals surface area contributed by atoms with E-state index in [4.69, 9.17) is 11.6 Å². The highest BCUT2D eigenvalue weighted by Gasteiger charge is 2.11. The lowest BCUT2D eigenvalue weighted by Gasteiger charge is -2.25. The maximum absolute atomic E-state index is 11.6. The Morgan fingerprint density at radius 3 is 2.53 bits per heavy atom. The van der Waals surface area contributed by atoms with Crippen LogP contribution in [0, 0.1) is 0 Å². The van der Waals surface area contributed by atoms with Crippen LogP contribution in [0.15, 0.2) is 34.5 Å². The van der Waals surface area contributed by atoms with E-state index in [0.29, 0.717) is 17.1 Å². The normalized spacial score (nSPS) is 16.9. The Labute approximate surface area is 118 Å². The lowest BCUT2D eigenvalue weighted by Crippen LogP contribution is -2.31. The molecule has 0 aliphatic carbocycles. The summed E-state index contributed by atoms with van der Waals surface area (Å²) >= 11 is 5.77. The smallest absolute Gasteiger partial charge is 0.266 e. The zero-order chi connectivity index (χ0) is 13.5. The van der Waals surface area contributed by atoms with Crippen LogP contribution >= 0.6 is 11.6 Å². The minimum atomic E-state index is -0.166. The molecule has 102 valence electrons. The minimum absolute atomic E-state index is 0.166. The van der Waals surface area contributed by atoms with Crippen molar-refractivity contribution in [1.29, 1.82) is 0 Å². The summed E-state index contributed by atoms with van der Waals surface area (Å²) in [5.74, 6) is -0.166. The molecule has 1 aromatic rings. The summed E-state index contributed by atoms with van der Waals surface area (Å²) in [6, 6.07) is 6.94. The van der Waals surface area contributed by atoms with Crippen LogP contribution in [0.1, 0.15) is 25.7 Å². The fraction of sp³-hybridized carbons (Fsp3) is 0.500. The largest absolute Gasteiger partial charge is 0.303 e. The predicted octanol–water partition coefficient (Wildman–Crippen LogP) is 3.83. The molecule has 1 amide bonds. The minimum Gasteiger partial charge on any atom is -0.303 e. The van der Waals surface area contributed by atoms with Crippen LogP contribution in [0.5, 0.6) is 0 Å². The van der Waals surface area contributed by atoms with Crippen molar-refractivity contribution in [3.05, 3.63) is 29.3 Å². The molecule has 0 saturated carbocycles. The molecule has 0 unspecified atom stereocenters. The van der Waals surface area contributed by atoms with Crippen LogP contribution in [0.2, 0.25) is 5.02 Å². The number of rotatable bonds is 4. The van der Waals surface area contributed by atoms with E-state index >= 15 is 0 Å². The van der Waals surface area contributed by atoms with Gasteiger partial charge < -0.3 is 4.90 Å². The Bertz CT molecular complexity index is 439. The van der Waals surface area contributed by atoms with Crippen LogP contribution in [0.3, 0.4) is 0 Å². The summed E-state index contributed by atoms with van der Waals surface area (Å²) < 4.78 is 0. The molecular weight excluding hydrogens is 262 g/mol. The standard InChI is InChI=1S/C14H18ClN3O/c15-12-4-6-13(7-5-12)16-17-14(19)8-11-18-9-2-1-3-10-18/h4-7H,1-3,8-11H2. The van der Waals surface area contributed by atoms with Crippen molar-refractivity contribution >= 4 is 23.2 Å². The lowest BCUT2D eigenvalue weighted by atomic mass is 10.1. The molecule has 0 N–H and O–H groups in total. The highest BCUT2D eigenvalue weighted by atomic mass is 35.5. The van der Waals surface area contributed by atoms with E-state index in [0.717, 1.165) is 19.6 Å². The predicted molar refractivity (Wildman–Crippen MR) is 75.9 cm³/mol. The molecule has 2 rings (SSSR count). The topological polar surface area (TPSA) is 45.0 Å². The lowest BCUT2D eigenvalue weighted by molar-refractivity contribution is -0.118. The number of hydrogen-bond acceptors (Lipinski definition) is 3. The van der Waals surface area contributed by atoms with Gasteiger partial charge in [-0.1, -0.05) is 18.0 Å². The molecule has 1 saturated heterocycles. The number of likely N-dealkylation sites (tertiary alicyclic amines) is 1. The molecule has 0 bridgehead atoms. The van der Waals surface area contributed by atoms with Crippen LogP contribution < -0.4 is 0 Å². The second kappa shape index (κ2) is 7.36. The Kier molecular flexibility index (Phi) is 5.48. The van der Waals surface area contributed by atoms with Gasteiger partial charge in [-0.15, -0.1) is 10.2 Å². The third-order valence-electron chi connectivity index (χ3n) is 3.19. The van der Waals surface area contributed by atoms with Crippen molar-refractivity contribution < 1.29 is 4.79 Å². The fourth-order valence-corrected chi connectivity index (χ4v) is 2.23. The molecule has 1 fully saturated rings. The number of piperidine rings is 1. The average molecular weight is 280 g/mol. The monoisotopic (exact) mass is 279 g/mol. The molecular formula is C14H18ClN3O. The molecule has 1 aromatic carbocycles. The van der Waals surface area contributed by atoms with Gasteiger partial charge in [0.25, 0.3) is 5.91 Å². The molecule has 0 spiro atoms. The van der Waals surface area contributed by atoms with E-state index in [1.54, 1.807) is 24.3 Å². The Morgan fingerprint density at radius 1 is 1.16 bits per heavy atom. The zero-order valence-corrected chi connectivity index (χ0v) is 11.6. The summed E-state index contributed by atoms with van der Waals surface area (Å²) in [6.07, 6.45) is 4.22. The van der Waals surface area contributed by atoms with E-state index in [1.165, 1.54) is 19.3 Å². The van der Waals surface area contributed by atoms with Crippen molar-refractivity contribution in [2.75, 3.05) is 19.6 Å². The van der Waals surface area contributed by atoms with E-state index in [1.807, 2.05) is 0 Å². The fourth-order valence-electron chi connectivity index (χ4n) is 2.11. The van der Waals surface area contributed by atoms with Gasteiger partial charge >= 0.3 is 0 Å². The number of carbonyl (C=O) groups excluding carboxylic acids is 1. The molecule has 1 aliphatic heterocycles. The number of nitrogens with zero attached hydrogens (tertiary/aromatic N) is 3. The first-order chi connectivity index (χ1) is 9.24. The highest BCUT2D eigenvalue weighted by Crippen LogP contribution is 2.16. The first kappa shape index (κ1) is 14.2. The van der Waals surface area contributed by atoms with E-state index < -0.39 is 0 Å². The van der Waals surface area contributed by atoms with Gasteiger partial charge in [0.1, 0.15) is 0 Å². The summed E-state index contributed by atoms with van der Waals surface area (Å²) in [5, 5.41) is 8.28. The zero-order valence-electron chi connectivity index (χ0n) is 10.9. The average Bonchev–Trinajstić information content (AvgIpc) is 2.45. The Hall–Kier alpha value is -1.26. The van der Waals surface area contributed by atoms with Crippen molar-refractivity contribution in [3.63, 3.8) is 0 Å². The van der Waals surface area contributed by atoms with Gasteiger partial charge in [-0.3, -0.25) is 4.79 Å². The number of halogens is 1. The molecule has 1 heterocycles. The van der Waals surface area contributed by atoms with E-state index in [9.17, 15) is 4.79 Å². The number of hydrogen-bond donors (Lipinski definition) is 0. The number of azo groups is 1. The summed E-state index contributed by atoms with van der Waals surface area (Å²) in [6.45, 7) is 2.99. The first-order valence-corrected chi connectivity index (χ1v) is 7.04. The van der Waals surface area contributed by atoms with Crippen molar-refractivity contribution in [3.8, 4) is 0 Å². The summed E-state index contributed by atoms with van der Waals surface area (Å²) in [5.41, 5.74) is 0.649. The van der Waals surface area contributed by atoms with Gasteiger partial charge in [0, 0.05) is 18.0 Å². The number of amides is 1. The second-order valence-corrected chi connectivity index (χ2v) is 5.16. The van der Waals surface area contributed by atoms with Gasteiger partial charge in [-0.05, 0) is 50.2 Å². The highest BCUT2D eigenvalue weighted by molar-refractivity contribution is 6.30. The maximum Gasteiger partial charge on any atom is 0.266 e. The third kappa shape index (κ3) is 5.09. The molecule has 0 atom stereocenters. The second-order valence-electron chi connectivity index (χ2n) is 4.72. The van der Waals surface area contributed by atoms with Crippen molar-refractivity contribution in [2.45, 2.75) is 25.7 Å². The molecule has 1 aliphatic rings. The number of benzene rings is 1. The van der Waals surface area contributed by atoms with E-state index in [2.05, 4.69) is 15.1 Å². The molecule has 4 nitrogen and oxygen atoms in total. The Morgan fingerprint density at radius 2 is 1.84 bits per heavy atom. The van der Waals surface area contributed by atoms with E-state index in [-0.39, 0.29) is 5.91 Å². The van der Waals surface area contributed by atoms with Crippen LogP contribution in [-0.2, 0) is 4.79 Å². The van der Waals surface area contributed by atoms with Gasteiger partial charge in [0.05, 0.1) is 5.69 Å². The van der Waals surface area contributed by atoms with Crippen molar-refractivity contribution in [1.82, 2.24) is 4.90 Å². The third-order valence-corrected chi connectivity index (χ3v) is 3.45. The maximum atomic E-state index is 11.6. The quantitative estimate of drug-likeness (QED) is 0.786. The summed E-state index contributed by atoms with van der Waals surface area (Å²) in [4.78, 5) is 13.9. The summed E-state index contributed by atoms with van der Waals surface area (Å²) in [7, 11) is 0. The Balaban J connectivity index is 1.75. The number of carbonyl (C=O) groups is 1. The first-order valence-electron chi connectivity index (χ1n) is 6.66. The van der Waals surface area contributed by atoms with Gasteiger partial charge in [-0.2, -0.15) is 0 Å². The molecule has 0 radical (unpaired) electrons. The van der Waals surface area contributed by atoms with Gasteiger partial charge in [0.2, 0.25) is 0 Å². The van der Waals surface area contributed by atoms with Crippen LogP contribution in [-0.4, -0.2) is 30.4 Å².